The van der Waals surface area contributed by atoms with Crippen LogP contribution >= 0.6 is 24.0 Å². The second-order valence-electron chi connectivity index (χ2n) is 2.87. The predicted molar refractivity (Wildman–Crippen MR) is 50.1 cm³/mol. The molecule has 0 amide bonds. The van der Waals surface area contributed by atoms with Crippen LogP contribution in [0.25, 0.3) is 0 Å². The molecule has 0 atom stereocenters. The summed E-state index contributed by atoms with van der Waals surface area (Å²) >= 11 is 6.04. The van der Waals surface area contributed by atoms with Gasteiger partial charge in [-0.2, -0.15) is 0 Å². The molecule has 0 saturated carbocycles. The van der Waals surface area contributed by atoms with Crippen LogP contribution < -0.4 is 0 Å². The molecule has 0 aliphatic rings. The van der Waals surface area contributed by atoms with Gasteiger partial charge in [0.15, 0.2) is 0 Å². The molecule has 1 aromatic rings. The van der Waals surface area contributed by atoms with Gasteiger partial charge in [-0.1, -0.05) is 13.8 Å². The molecule has 0 bridgehead atoms. The van der Waals surface area contributed by atoms with Crippen molar-refractivity contribution in [1.82, 2.24) is 0 Å². The van der Waals surface area contributed by atoms with Gasteiger partial charge in [0.25, 0.3) is 0 Å². The predicted octanol–water partition coefficient (Wildman–Crippen LogP) is 3.24. The molecule has 0 nitrogen and oxygen atoms in total. The summed E-state index contributed by atoms with van der Waals surface area (Å²) in [6.45, 7) is 4.47. The van der Waals surface area contributed by atoms with Gasteiger partial charge in [0.1, 0.15) is 0 Å². The summed E-state index contributed by atoms with van der Waals surface area (Å²) in [6, 6.07) is 2.15. The van der Waals surface area contributed by atoms with E-state index in [0.717, 1.165) is 10.8 Å². The lowest BCUT2D eigenvalue weighted by Crippen LogP contribution is -1.89. The molecular formula is C8H12S2. The quantitative estimate of drug-likeness (QED) is 0.651. The third-order valence-corrected chi connectivity index (χ3v) is 2.64. The highest BCUT2D eigenvalue weighted by Gasteiger charge is 1.99. The van der Waals surface area contributed by atoms with Crippen LogP contribution in [0.2, 0.25) is 0 Å². The molecule has 0 N–H and O–H groups in total. The van der Waals surface area contributed by atoms with Crippen LogP contribution in [0.5, 0.6) is 0 Å². The highest BCUT2D eigenvalue weighted by molar-refractivity contribution is 7.80. The number of thiophene rings is 1. The van der Waals surface area contributed by atoms with Gasteiger partial charge >= 0.3 is 0 Å². The first kappa shape index (κ1) is 8.15. The smallest absolute Gasteiger partial charge is 0.0150 e. The maximum Gasteiger partial charge on any atom is 0.0150 e. The molecule has 0 fully saturated rings. The largest absolute Gasteiger partial charge is 0.148 e. The lowest BCUT2D eigenvalue weighted by molar-refractivity contribution is 0.654. The summed E-state index contributed by atoms with van der Waals surface area (Å²) in [4.78, 5) is 2.54. The first-order chi connectivity index (χ1) is 4.68. The summed E-state index contributed by atoms with van der Waals surface area (Å²) in [7, 11) is 0. The molecule has 1 aromatic heterocycles. The summed E-state index contributed by atoms with van der Waals surface area (Å²) in [6.07, 6.45) is 1.19. The Morgan fingerprint density at radius 3 is 2.70 bits per heavy atom. The van der Waals surface area contributed by atoms with Gasteiger partial charge in [0.2, 0.25) is 0 Å². The van der Waals surface area contributed by atoms with Crippen LogP contribution in [0.15, 0.2) is 16.3 Å². The molecule has 1 rings (SSSR count). The van der Waals surface area contributed by atoms with Crippen LogP contribution in [-0.2, 0) is 6.42 Å². The maximum absolute atomic E-state index is 4.24. The lowest BCUT2D eigenvalue weighted by atomic mass is 10.1. The second-order valence-corrected chi connectivity index (χ2v) is 4.38. The molecule has 0 unspecified atom stereocenters. The second kappa shape index (κ2) is 3.44. The van der Waals surface area contributed by atoms with Crippen molar-refractivity contribution in [2.75, 3.05) is 0 Å². The van der Waals surface area contributed by atoms with Crippen molar-refractivity contribution < 1.29 is 0 Å². The monoisotopic (exact) mass is 172 g/mol. The van der Waals surface area contributed by atoms with Gasteiger partial charge in [-0.25, -0.2) is 0 Å². The summed E-state index contributed by atoms with van der Waals surface area (Å²) in [5.74, 6) is 0.756. The number of hydrogen-bond acceptors (Lipinski definition) is 2. The molecule has 1 heterocycles. The van der Waals surface area contributed by atoms with E-state index >= 15 is 0 Å². The topological polar surface area (TPSA) is 0 Å². The van der Waals surface area contributed by atoms with Crippen molar-refractivity contribution in [3.05, 3.63) is 16.3 Å². The van der Waals surface area contributed by atoms with Gasteiger partial charge < -0.3 is 0 Å². The van der Waals surface area contributed by atoms with Crippen molar-refractivity contribution in [1.29, 1.82) is 0 Å². The Bertz CT molecular complexity index is 201. The first-order valence-corrected chi connectivity index (χ1v) is 4.77. The van der Waals surface area contributed by atoms with Crippen molar-refractivity contribution >= 4 is 24.0 Å². The number of rotatable bonds is 2. The third kappa shape index (κ3) is 2.35. The van der Waals surface area contributed by atoms with Crippen LogP contribution in [0.3, 0.4) is 0 Å². The Balaban J connectivity index is 2.58. The van der Waals surface area contributed by atoms with E-state index in [0.29, 0.717) is 0 Å². The number of hydrogen-bond donors (Lipinski definition) is 1. The van der Waals surface area contributed by atoms with Crippen molar-refractivity contribution in [3.63, 3.8) is 0 Å². The molecule has 2 heteroatoms. The van der Waals surface area contributed by atoms with E-state index in [4.69, 9.17) is 0 Å². The molecular weight excluding hydrogens is 160 g/mol. The molecule has 0 aliphatic heterocycles. The molecule has 56 valence electrons. The molecule has 0 aromatic carbocycles. The Morgan fingerprint density at radius 1 is 1.60 bits per heavy atom. The fraction of sp³-hybridized carbons (Fsp3) is 0.500. The molecule has 0 saturated heterocycles. The Hall–Kier alpha value is 0.0500. The zero-order valence-corrected chi connectivity index (χ0v) is 8.01. The fourth-order valence-electron chi connectivity index (χ4n) is 0.878. The summed E-state index contributed by atoms with van der Waals surface area (Å²) < 4.78 is 0. The van der Waals surface area contributed by atoms with Crippen LogP contribution in [0.4, 0.5) is 0 Å². The van der Waals surface area contributed by atoms with E-state index in [2.05, 4.69) is 37.9 Å². The maximum atomic E-state index is 4.24. The van der Waals surface area contributed by atoms with Crippen molar-refractivity contribution in [3.8, 4) is 0 Å². The molecule has 0 spiro atoms. The molecule has 0 radical (unpaired) electrons. The highest BCUT2D eigenvalue weighted by Crippen LogP contribution is 2.20. The van der Waals surface area contributed by atoms with Crippen LogP contribution in [0.1, 0.15) is 18.7 Å². The zero-order chi connectivity index (χ0) is 7.56. The van der Waals surface area contributed by atoms with E-state index in [1.54, 1.807) is 11.3 Å². The summed E-state index contributed by atoms with van der Waals surface area (Å²) in [5.41, 5.74) is 0. The Kier molecular flexibility index (Phi) is 2.81. The fourth-order valence-corrected chi connectivity index (χ4v) is 2.24. The highest BCUT2D eigenvalue weighted by atomic mass is 32.1. The van der Waals surface area contributed by atoms with E-state index in [1.165, 1.54) is 11.3 Å². The van der Waals surface area contributed by atoms with Crippen LogP contribution in [0, 0.1) is 5.92 Å². The lowest BCUT2D eigenvalue weighted by Gasteiger charge is -1.98. The zero-order valence-electron chi connectivity index (χ0n) is 6.29. The minimum absolute atomic E-state index is 0.756. The van der Waals surface area contributed by atoms with Gasteiger partial charge in [-0.15, -0.1) is 24.0 Å². The van der Waals surface area contributed by atoms with Gasteiger partial charge in [-0.3, -0.25) is 0 Å². The average molecular weight is 172 g/mol. The van der Waals surface area contributed by atoms with Gasteiger partial charge in [0.05, 0.1) is 0 Å². The van der Waals surface area contributed by atoms with Gasteiger partial charge in [0, 0.05) is 15.2 Å². The third-order valence-electron chi connectivity index (χ3n) is 1.25. The standard InChI is InChI=1S/C8H12S2/c1-6(2)3-8-4-7(9)5-10-8/h4-6,9H,3H2,1-2H3. The van der Waals surface area contributed by atoms with Crippen molar-refractivity contribution in [2.24, 2.45) is 5.92 Å². The van der Waals surface area contributed by atoms with E-state index in [1.807, 2.05) is 0 Å². The Morgan fingerprint density at radius 2 is 2.30 bits per heavy atom. The van der Waals surface area contributed by atoms with E-state index in [-0.39, 0.29) is 0 Å². The van der Waals surface area contributed by atoms with Crippen LogP contribution in [-0.4, -0.2) is 0 Å². The minimum atomic E-state index is 0.756. The van der Waals surface area contributed by atoms with E-state index < -0.39 is 0 Å². The SMILES string of the molecule is CC(C)Cc1cc(S)cs1. The van der Waals surface area contributed by atoms with Gasteiger partial charge in [-0.05, 0) is 18.4 Å². The average Bonchev–Trinajstić information content (AvgIpc) is 2.13. The Labute approximate surface area is 71.7 Å². The normalized spacial score (nSPS) is 10.8. The minimum Gasteiger partial charge on any atom is -0.148 e. The molecule has 0 aliphatic carbocycles. The number of thiol groups is 1. The van der Waals surface area contributed by atoms with E-state index in [9.17, 15) is 0 Å². The summed E-state index contributed by atoms with van der Waals surface area (Å²) in [5, 5.41) is 2.08. The first-order valence-electron chi connectivity index (χ1n) is 3.45. The van der Waals surface area contributed by atoms with Crippen molar-refractivity contribution in [2.45, 2.75) is 25.2 Å². The molecule has 10 heavy (non-hydrogen) atoms.